The number of guanidine groups is 1. The lowest BCUT2D eigenvalue weighted by Gasteiger charge is -2.23. The van der Waals surface area contributed by atoms with Crippen LogP contribution in [0.4, 0.5) is 22.7 Å². The molecule has 0 aliphatic rings. The van der Waals surface area contributed by atoms with Crippen LogP contribution in [0.5, 0.6) is 0 Å². The summed E-state index contributed by atoms with van der Waals surface area (Å²) < 4.78 is 1.61. The van der Waals surface area contributed by atoms with Crippen LogP contribution in [-0.2, 0) is 11.8 Å². The van der Waals surface area contributed by atoms with E-state index in [0.29, 0.717) is 53.2 Å². The summed E-state index contributed by atoms with van der Waals surface area (Å²) in [6.45, 7) is 1.09. The molecule has 39 heavy (non-hydrogen) atoms. The number of nitrogens with two attached hydrogens (primary N) is 2. The molecule has 0 radical (unpaired) electrons. The Labute approximate surface area is 236 Å². The molecular weight excluding hydrogens is 543 g/mol. The number of aryl methyl sites for hydroxylation is 1. The first kappa shape index (κ1) is 29.3. The highest BCUT2D eigenvalue weighted by Crippen LogP contribution is 2.21. The number of carbonyl (C=O) groups excluding carboxylic acids is 3. The van der Waals surface area contributed by atoms with E-state index in [-0.39, 0.29) is 18.4 Å². The molecule has 3 amide bonds. The number of anilines is 4. The standard InChI is InChI=1S/C26H30Cl2N8O3/c1-35-16-20(34-24(38)17-3-2-4-19(13-17)32-23(37)15-31-26(29)30)14-22(35)25(39)33-18-5-7-21(8-6-18)36(11-9-27)12-10-28/h2-8,13-14,16H,9-12,15H2,1H3,(H,32,37)(H,33,39)(H,34,38)(H4,29,30,31). The molecule has 0 fully saturated rings. The second kappa shape index (κ2) is 14.1. The Kier molecular flexibility index (Phi) is 10.6. The zero-order valence-corrected chi connectivity index (χ0v) is 22.8. The molecule has 0 bridgehead atoms. The maximum Gasteiger partial charge on any atom is 0.272 e. The highest BCUT2D eigenvalue weighted by Gasteiger charge is 2.15. The minimum Gasteiger partial charge on any atom is -0.370 e. The molecule has 0 aliphatic carbocycles. The van der Waals surface area contributed by atoms with Crippen LogP contribution in [0.1, 0.15) is 20.8 Å². The number of hydrogen-bond acceptors (Lipinski definition) is 5. The van der Waals surface area contributed by atoms with E-state index >= 15 is 0 Å². The number of nitrogens with zero attached hydrogens (tertiary/aromatic N) is 3. The molecule has 2 aromatic carbocycles. The maximum absolute atomic E-state index is 12.9. The Bertz CT molecular complexity index is 1330. The predicted molar refractivity (Wildman–Crippen MR) is 157 cm³/mol. The molecule has 0 unspecified atom stereocenters. The third-order valence-electron chi connectivity index (χ3n) is 5.51. The Hall–Kier alpha value is -4.22. The molecule has 3 aromatic rings. The van der Waals surface area contributed by atoms with Gasteiger partial charge in [-0.2, -0.15) is 0 Å². The number of halogens is 2. The molecule has 0 aliphatic heterocycles. The maximum atomic E-state index is 12.9. The lowest BCUT2D eigenvalue weighted by molar-refractivity contribution is -0.114. The molecule has 0 atom stereocenters. The smallest absolute Gasteiger partial charge is 0.272 e. The number of alkyl halides is 2. The Morgan fingerprint density at radius 3 is 2.18 bits per heavy atom. The van der Waals surface area contributed by atoms with Gasteiger partial charge >= 0.3 is 0 Å². The van der Waals surface area contributed by atoms with E-state index in [1.165, 1.54) is 6.07 Å². The number of aliphatic imine (C=N–C) groups is 1. The zero-order valence-electron chi connectivity index (χ0n) is 21.3. The lowest BCUT2D eigenvalue weighted by Crippen LogP contribution is -2.27. The summed E-state index contributed by atoms with van der Waals surface area (Å²) in [7, 11) is 1.70. The summed E-state index contributed by atoms with van der Waals surface area (Å²) in [6, 6.07) is 15.3. The molecule has 206 valence electrons. The van der Waals surface area contributed by atoms with Gasteiger partial charge in [-0.3, -0.25) is 14.4 Å². The highest BCUT2D eigenvalue weighted by atomic mass is 35.5. The van der Waals surface area contributed by atoms with Crippen LogP contribution in [0.2, 0.25) is 0 Å². The van der Waals surface area contributed by atoms with Crippen LogP contribution >= 0.6 is 23.2 Å². The summed E-state index contributed by atoms with van der Waals surface area (Å²) >= 11 is 11.8. The van der Waals surface area contributed by atoms with Crippen LogP contribution in [0.3, 0.4) is 0 Å². The molecule has 0 saturated heterocycles. The molecule has 3 rings (SSSR count). The van der Waals surface area contributed by atoms with Crippen molar-refractivity contribution in [2.75, 3.05) is 52.2 Å². The average Bonchev–Trinajstić information content (AvgIpc) is 3.27. The van der Waals surface area contributed by atoms with Gasteiger partial charge in [-0.1, -0.05) is 6.07 Å². The van der Waals surface area contributed by atoms with Gasteiger partial charge in [0.05, 0.1) is 5.69 Å². The van der Waals surface area contributed by atoms with E-state index in [2.05, 4.69) is 25.8 Å². The third kappa shape index (κ3) is 8.66. The summed E-state index contributed by atoms with van der Waals surface area (Å²) in [4.78, 5) is 43.4. The van der Waals surface area contributed by atoms with Crippen molar-refractivity contribution < 1.29 is 14.4 Å². The van der Waals surface area contributed by atoms with Crippen LogP contribution in [0, 0.1) is 0 Å². The number of benzene rings is 2. The quantitative estimate of drug-likeness (QED) is 0.127. The average molecular weight is 573 g/mol. The molecule has 0 saturated carbocycles. The lowest BCUT2D eigenvalue weighted by atomic mass is 10.2. The van der Waals surface area contributed by atoms with Gasteiger partial charge in [-0.25, -0.2) is 4.99 Å². The molecule has 7 N–H and O–H groups in total. The highest BCUT2D eigenvalue weighted by molar-refractivity contribution is 6.18. The first-order valence-electron chi connectivity index (χ1n) is 11.9. The van der Waals surface area contributed by atoms with Gasteiger partial charge in [-0.15, -0.1) is 23.2 Å². The second-order valence-electron chi connectivity index (χ2n) is 8.42. The van der Waals surface area contributed by atoms with Gasteiger partial charge in [0.2, 0.25) is 5.91 Å². The summed E-state index contributed by atoms with van der Waals surface area (Å²) in [5, 5.41) is 8.25. The van der Waals surface area contributed by atoms with Crippen molar-refractivity contribution in [1.82, 2.24) is 4.57 Å². The molecule has 13 heteroatoms. The topological polar surface area (TPSA) is 160 Å². The number of amides is 3. The predicted octanol–water partition coefficient (Wildman–Crippen LogP) is 3.03. The fourth-order valence-electron chi connectivity index (χ4n) is 3.69. The SMILES string of the molecule is Cn1cc(NC(=O)c2cccc(NC(=O)CN=C(N)N)c2)cc1C(=O)Nc1ccc(N(CCCl)CCCl)cc1. The van der Waals surface area contributed by atoms with Gasteiger partial charge in [0.15, 0.2) is 5.96 Å². The van der Waals surface area contributed by atoms with E-state index in [0.717, 1.165) is 5.69 Å². The van der Waals surface area contributed by atoms with Gasteiger partial charge < -0.3 is 36.9 Å². The van der Waals surface area contributed by atoms with Crippen molar-refractivity contribution in [3.05, 3.63) is 72.1 Å². The van der Waals surface area contributed by atoms with Crippen molar-refractivity contribution in [3.8, 4) is 0 Å². The zero-order chi connectivity index (χ0) is 28.4. The van der Waals surface area contributed by atoms with Crippen molar-refractivity contribution in [3.63, 3.8) is 0 Å². The van der Waals surface area contributed by atoms with Crippen molar-refractivity contribution in [1.29, 1.82) is 0 Å². The number of rotatable bonds is 12. The minimum absolute atomic E-state index is 0.195. The third-order valence-corrected chi connectivity index (χ3v) is 5.85. The van der Waals surface area contributed by atoms with E-state index in [1.54, 1.807) is 54.2 Å². The Morgan fingerprint density at radius 2 is 1.54 bits per heavy atom. The Morgan fingerprint density at radius 1 is 0.872 bits per heavy atom. The fourth-order valence-corrected chi connectivity index (χ4v) is 4.10. The monoisotopic (exact) mass is 572 g/mol. The van der Waals surface area contributed by atoms with E-state index in [4.69, 9.17) is 34.7 Å². The molecule has 11 nitrogen and oxygen atoms in total. The number of nitrogens with one attached hydrogen (secondary N) is 3. The van der Waals surface area contributed by atoms with Crippen LogP contribution < -0.4 is 32.3 Å². The van der Waals surface area contributed by atoms with E-state index < -0.39 is 11.8 Å². The van der Waals surface area contributed by atoms with Crippen molar-refractivity contribution in [2.45, 2.75) is 0 Å². The number of aromatic nitrogens is 1. The Balaban J connectivity index is 1.63. The van der Waals surface area contributed by atoms with Crippen LogP contribution in [0.15, 0.2) is 65.8 Å². The molecule has 1 aromatic heterocycles. The van der Waals surface area contributed by atoms with E-state index in [9.17, 15) is 14.4 Å². The minimum atomic E-state index is -0.433. The van der Waals surface area contributed by atoms with Crippen molar-refractivity contribution in [2.24, 2.45) is 23.5 Å². The van der Waals surface area contributed by atoms with Gasteiger partial charge in [-0.05, 0) is 48.5 Å². The first-order chi connectivity index (χ1) is 18.7. The molecule has 1 heterocycles. The summed E-state index contributed by atoms with van der Waals surface area (Å²) in [6.07, 6.45) is 1.63. The normalized spacial score (nSPS) is 10.4. The summed E-state index contributed by atoms with van der Waals surface area (Å²) in [5.41, 5.74) is 13.5. The van der Waals surface area contributed by atoms with Gasteiger partial charge in [0.25, 0.3) is 11.8 Å². The fraction of sp³-hybridized carbons (Fsp3) is 0.231. The van der Waals surface area contributed by atoms with Crippen molar-refractivity contribution >= 4 is 69.6 Å². The molecule has 0 spiro atoms. The van der Waals surface area contributed by atoms with Crippen LogP contribution in [-0.4, -0.2) is 59.6 Å². The van der Waals surface area contributed by atoms with E-state index in [1.807, 2.05) is 12.1 Å². The van der Waals surface area contributed by atoms with Gasteiger partial charge in [0.1, 0.15) is 12.2 Å². The van der Waals surface area contributed by atoms with Crippen LogP contribution in [0.25, 0.3) is 0 Å². The number of carbonyl (C=O) groups is 3. The van der Waals surface area contributed by atoms with Gasteiger partial charge in [0, 0.05) is 60.7 Å². The second-order valence-corrected chi connectivity index (χ2v) is 9.17. The summed E-state index contributed by atoms with van der Waals surface area (Å²) in [5.74, 6) is -0.428. The number of hydrogen-bond donors (Lipinski definition) is 5. The molecular formula is C26H30Cl2N8O3. The first-order valence-corrected chi connectivity index (χ1v) is 13.0. The largest absolute Gasteiger partial charge is 0.370 e.